The lowest BCUT2D eigenvalue weighted by Gasteiger charge is -2.34. The molecule has 1 aliphatic rings. The molecule has 5 heteroatoms. The average Bonchev–Trinajstić information content (AvgIpc) is 2.38. The van der Waals surface area contributed by atoms with Crippen LogP contribution in [0.5, 0.6) is 0 Å². The minimum Gasteiger partial charge on any atom is -0.366 e. The van der Waals surface area contributed by atoms with Gasteiger partial charge in [-0.15, -0.1) is 0 Å². The molecule has 0 amide bonds. The normalized spacial score (nSPS) is 23.1. The predicted octanol–water partition coefficient (Wildman–Crippen LogP) is 4.37. The molecule has 0 unspecified atom stereocenters. The van der Waals surface area contributed by atoms with Gasteiger partial charge < -0.3 is 4.90 Å². The largest absolute Gasteiger partial charge is 0.366 e. The van der Waals surface area contributed by atoms with E-state index in [9.17, 15) is 10.1 Å². The minimum absolute atomic E-state index is 0.176. The molecule has 0 saturated heterocycles. The lowest BCUT2D eigenvalue weighted by Crippen LogP contribution is -2.35. The summed E-state index contributed by atoms with van der Waals surface area (Å²) in [6.45, 7) is 2.28. The van der Waals surface area contributed by atoms with Crippen molar-refractivity contribution in [2.75, 3.05) is 11.9 Å². The van der Waals surface area contributed by atoms with Gasteiger partial charge in [-0.25, -0.2) is 0 Å². The van der Waals surface area contributed by atoms with Crippen LogP contribution in [0.1, 0.15) is 32.6 Å². The molecule has 1 aromatic rings. The van der Waals surface area contributed by atoms with Gasteiger partial charge in [-0.2, -0.15) is 0 Å². The number of anilines is 1. The quantitative estimate of drug-likeness (QED) is 0.612. The Morgan fingerprint density at radius 3 is 2.53 bits per heavy atom. The Hall–Kier alpha value is -1.10. The van der Waals surface area contributed by atoms with Crippen LogP contribution in [0, 0.1) is 16.0 Å². The van der Waals surface area contributed by atoms with Crippen LogP contribution in [0.3, 0.4) is 0 Å². The van der Waals surface area contributed by atoms with Crippen molar-refractivity contribution in [1.82, 2.24) is 0 Å². The summed E-state index contributed by atoms with van der Waals surface area (Å²) in [6, 6.07) is 5.69. The molecule has 19 heavy (non-hydrogen) atoms. The van der Waals surface area contributed by atoms with Crippen LogP contribution in [0.25, 0.3) is 0 Å². The van der Waals surface area contributed by atoms with Crippen molar-refractivity contribution in [2.24, 2.45) is 5.92 Å². The molecule has 0 bridgehead atoms. The number of hydrogen-bond acceptors (Lipinski definition) is 3. The summed E-state index contributed by atoms with van der Waals surface area (Å²) in [7, 11) is 1.97. The fourth-order valence-corrected chi connectivity index (χ4v) is 3.12. The van der Waals surface area contributed by atoms with Crippen molar-refractivity contribution in [3.63, 3.8) is 0 Å². The van der Waals surface area contributed by atoms with Crippen LogP contribution < -0.4 is 4.90 Å². The van der Waals surface area contributed by atoms with Gasteiger partial charge in [0.1, 0.15) is 5.69 Å². The van der Waals surface area contributed by atoms with E-state index in [0.717, 1.165) is 23.2 Å². The van der Waals surface area contributed by atoms with Gasteiger partial charge >= 0.3 is 0 Å². The molecule has 0 heterocycles. The van der Waals surface area contributed by atoms with Gasteiger partial charge in [-0.05, 0) is 43.7 Å². The fourth-order valence-electron chi connectivity index (χ4n) is 2.77. The van der Waals surface area contributed by atoms with Crippen molar-refractivity contribution < 1.29 is 4.92 Å². The third kappa shape index (κ3) is 3.26. The molecule has 1 saturated carbocycles. The van der Waals surface area contributed by atoms with E-state index in [1.54, 1.807) is 6.07 Å². The van der Waals surface area contributed by atoms with Gasteiger partial charge in [-0.1, -0.05) is 22.9 Å². The Labute approximate surface area is 122 Å². The smallest absolute Gasteiger partial charge is 0.293 e. The van der Waals surface area contributed by atoms with Gasteiger partial charge in [0.05, 0.1) is 4.92 Å². The standard InChI is InChI=1S/C14H19BrN2O2/c1-10-3-6-12(7-4-10)16(2)13-8-5-11(15)9-14(13)17(18)19/h5,8-10,12H,3-4,6-7H2,1-2H3. The summed E-state index contributed by atoms with van der Waals surface area (Å²) in [5.41, 5.74) is 0.892. The zero-order valence-corrected chi connectivity index (χ0v) is 12.9. The first kappa shape index (κ1) is 14.3. The zero-order valence-electron chi connectivity index (χ0n) is 11.3. The molecule has 0 aliphatic heterocycles. The van der Waals surface area contributed by atoms with E-state index in [2.05, 4.69) is 27.8 Å². The fraction of sp³-hybridized carbons (Fsp3) is 0.571. The molecule has 1 aromatic carbocycles. The molecule has 4 nitrogen and oxygen atoms in total. The van der Waals surface area contributed by atoms with E-state index in [4.69, 9.17) is 0 Å². The number of hydrogen-bond donors (Lipinski definition) is 0. The Bertz CT molecular complexity index is 471. The van der Waals surface area contributed by atoms with Gasteiger partial charge in [0.25, 0.3) is 5.69 Å². The zero-order chi connectivity index (χ0) is 14.0. The summed E-state index contributed by atoms with van der Waals surface area (Å²) in [5, 5.41) is 11.2. The Balaban J connectivity index is 2.23. The van der Waals surface area contributed by atoms with Crippen molar-refractivity contribution in [3.8, 4) is 0 Å². The average molecular weight is 327 g/mol. The first-order valence-electron chi connectivity index (χ1n) is 6.66. The highest BCUT2D eigenvalue weighted by Gasteiger charge is 2.26. The first-order chi connectivity index (χ1) is 8.99. The van der Waals surface area contributed by atoms with Gasteiger partial charge in [0, 0.05) is 23.6 Å². The lowest BCUT2D eigenvalue weighted by molar-refractivity contribution is -0.384. The van der Waals surface area contributed by atoms with Crippen LogP contribution >= 0.6 is 15.9 Å². The van der Waals surface area contributed by atoms with Crippen LogP contribution in [0.4, 0.5) is 11.4 Å². The highest BCUT2D eigenvalue weighted by atomic mass is 79.9. The topological polar surface area (TPSA) is 46.4 Å². The molecule has 0 aromatic heterocycles. The summed E-state index contributed by atoms with van der Waals surface area (Å²) >= 11 is 3.29. The molecular formula is C14H19BrN2O2. The van der Waals surface area contributed by atoms with E-state index in [1.165, 1.54) is 12.8 Å². The summed E-state index contributed by atoms with van der Waals surface area (Å²) in [6.07, 6.45) is 4.65. The van der Waals surface area contributed by atoms with Crippen LogP contribution in [0.15, 0.2) is 22.7 Å². The molecule has 1 fully saturated rings. The number of nitro groups is 1. The van der Waals surface area contributed by atoms with E-state index in [0.29, 0.717) is 11.7 Å². The molecule has 104 valence electrons. The van der Waals surface area contributed by atoms with E-state index >= 15 is 0 Å². The number of halogens is 1. The maximum Gasteiger partial charge on any atom is 0.293 e. The second-order valence-corrected chi connectivity index (χ2v) is 6.33. The van der Waals surface area contributed by atoms with Crippen molar-refractivity contribution in [3.05, 3.63) is 32.8 Å². The molecule has 0 radical (unpaired) electrons. The maximum absolute atomic E-state index is 11.2. The van der Waals surface area contributed by atoms with Gasteiger partial charge in [0.15, 0.2) is 0 Å². The van der Waals surface area contributed by atoms with Crippen LogP contribution in [-0.4, -0.2) is 18.0 Å². The summed E-state index contributed by atoms with van der Waals surface area (Å²) < 4.78 is 0.744. The van der Waals surface area contributed by atoms with Crippen molar-refractivity contribution in [1.29, 1.82) is 0 Å². The lowest BCUT2D eigenvalue weighted by atomic mass is 9.86. The Kier molecular flexibility index (Phi) is 4.45. The SMILES string of the molecule is CC1CCC(N(C)c2ccc(Br)cc2[N+](=O)[O-])CC1. The number of benzene rings is 1. The summed E-state index contributed by atoms with van der Waals surface area (Å²) in [4.78, 5) is 12.9. The first-order valence-corrected chi connectivity index (χ1v) is 7.45. The Morgan fingerprint density at radius 2 is 1.95 bits per heavy atom. The van der Waals surface area contributed by atoms with E-state index in [1.807, 2.05) is 19.2 Å². The second-order valence-electron chi connectivity index (χ2n) is 5.41. The van der Waals surface area contributed by atoms with Crippen molar-refractivity contribution >= 4 is 27.3 Å². The highest BCUT2D eigenvalue weighted by Crippen LogP contribution is 2.35. The van der Waals surface area contributed by atoms with Gasteiger partial charge in [-0.3, -0.25) is 10.1 Å². The molecule has 0 atom stereocenters. The molecule has 2 rings (SSSR count). The Morgan fingerprint density at radius 1 is 1.32 bits per heavy atom. The molecule has 0 spiro atoms. The monoisotopic (exact) mass is 326 g/mol. The second kappa shape index (κ2) is 5.90. The number of nitro benzene ring substituents is 1. The minimum atomic E-state index is -0.304. The summed E-state index contributed by atoms with van der Waals surface area (Å²) in [5.74, 6) is 0.782. The molecular weight excluding hydrogens is 308 g/mol. The molecule has 0 N–H and O–H groups in total. The van der Waals surface area contributed by atoms with E-state index in [-0.39, 0.29) is 10.6 Å². The third-order valence-corrected chi connectivity index (χ3v) is 4.54. The molecule has 1 aliphatic carbocycles. The van der Waals surface area contributed by atoms with Crippen LogP contribution in [0.2, 0.25) is 0 Å². The van der Waals surface area contributed by atoms with Crippen LogP contribution in [-0.2, 0) is 0 Å². The maximum atomic E-state index is 11.2. The van der Waals surface area contributed by atoms with Gasteiger partial charge in [0.2, 0.25) is 0 Å². The number of rotatable bonds is 3. The third-order valence-electron chi connectivity index (χ3n) is 4.05. The predicted molar refractivity (Wildman–Crippen MR) is 80.6 cm³/mol. The highest BCUT2D eigenvalue weighted by molar-refractivity contribution is 9.10. The van der Waals surface area contributed by atoms with Crippen molar-refractivity contribution in [2.45, 2.75) is 38.6 Å². The number of nitrogens with zero attached hydrogens (tertiary/aromatic N) is 2. The van der Waals surface area contributed by atoms with E-state index < -0.39 is 0 Å².